The molecule has 0 aliphatic carbocycles. The lowest BCUT2D eigenvalue weighted by atomic mass is 10.0. The molecule has 0 aliphatic heterocycles. The minimum atomic E-state index is -0.616. The standard InChI is InChI=1S/C22H23BrN2O5/c1-25-16-8-6-5-7-14(16)20(23)21(25)22(27)24-15(12-19(26)30-4)13-9-10-17(28-2)18(11-13)29-3/h5-11,15H,12H2,1-4H3,(H,24,27). The fourth-order valence-electron chi connectivity index (χ4n) is 3.40. The second-order valence-electron chi connectivity index (χ2n) is 6.66. The monoisotopic (exact) mass is 474 g/mol. The van der Waals surface area contributed by atoms with Crippen LogP contribution < -0.4 is 14.8 Å². The lowest BCUT2D eigenvalue weighted by molar-refractivity contribution is -0.141. The Morgan fingerprint density at radius 2 is 1.77 bits per heavy atom. The summed E-state index contributed by atoms with van der Waals surface area (Å²) in [5, 5.41) is 3.89. The maximum absolute atomic E-state index is 13.2. The molecule has 1 atom stereocenters. The third-order valence-electron chi connectivity index (χ3n) is 4.97. The molecule has 30 heavy (non-hydrogen) atoms. The van der Waals surface area contributed by atoms with E-state index in [2.05, 4.69) is 21.2 Å². The third kappa shape index (κ3) is 4.14. The van der Waals surface area contributed by atoms with Gasteiger partial charge in [-0.15, -0.1) is 0 Å². The maximum Gasteiger partial charge on any atom is 0.307 e. The van der Waals surface area contributed by atoms with Crippen LogP contribution in [0, 0.1) is 0 Å². The van der Waals surface area contributed by atoms with Gasteiger partial charge >= 0.3 is 5.97 Å². The summed E-state index contributed by atoms with van der Waals surface area (Å²) in [6.45, 7) is 0. The summed E-state index contributed by atoms with van der Waals surface area (Å²) in [5.41, 5.74) is 2.08. The summed E-state index contributed by atoms with van der Waals surface area (Å²) in [6, 6.07) is 12.4. The van der Waals surface area contributed by atoms with Crippen LogP contribution in [0.3, 0.4) is 0 Å². The van der Waals surface area contributed by atoms with Crippen molar-refractivity contribution < 1.29 is 23.8 Å². The highest BCUT2D eigenvalue weighted by Crippen LogP contribution is 2.33. The lowest BCUT2D eigenvalue weighted by Gasteiger charge is -2.20. The molecule has 1 heterocycles. The van der Waals surface area contributed by atoms with Crippen molar-refractivity contribution in [3.63, 3.8) is 0 Å². The van der Waals surface area contributed by atoms with Gasteiger partial charge in [0.25, 0.3) is 5.91 Å². The quantitative estimate of drug-likeness (QED) is 0.523. The summed E-state index contributed by atoms with van der Waals surface area (Å²) in [6.07, 6.45) is -0.0285. The molecule has 0 fully saturated rings. The fourth-order valence-corrected chi connectivity index (χ4v) is 4.18. The van der Waals surface area contributed by atoms with Gasteiger partial charge in [-0.2, -0.15) is 0 Å². The molecule has 0 aliphatic rings. The number of halogens is 1. The molecule has 0 saturated heterocycles. The molecule has 2 aromatic carbocycles. The molecule has 0 radical (unpaired) electrons. The van der Waals surface area contributed by atoms with Crippen molar-refractivity contribution >= 4 is 38.7 Å². The number of nitrogens with one attached hydrogen (secondary N) is 1. The van der Waals surface area contributed by atoms with Crippen LogP contribution in [0.5, 0.6) is 11.5 Å². The van der Waals surface area contributed by atoms with Gasteiger partial charge in [0.15, 0.2) is 11.5 Å². The summed E-state index contributed by atoms with van der Waals surface area (Å²) in [7, 11) is 6.22. The molecule has 7 nitrogen and oxygen atoms in total. The molecule has 158 valence electrons. The molecule has 0 bridgehead atoms. The molecule has 1 N–H and O–H groups in total. The number of ether oxygens (including phenoxy) is 3. The zero-order valence-electron chi connectivity index (χ0n) is 17.2. The van der Waals surface area contributed by atoms with Gasteiger partial charge in [-0.3, -0.25) is 9.59 Å². The third-order valence-corrected chi connectivity index (χ3v) is 5.78. The van der Waals surface area contributed by atoms with Crippen molar-refractivity contribution in [2.24, 2.45) is 7.05 Å². The molecule has 1 amide bonds. The Labute approximate surface area is 183 Å². The van der Waals surface area contributed by atoms with Gasteiger partial charge in [0, 0.05) is 18.0 Å². The van der Waals surface area contributed by atoms with Gasteiger partial charge in [0.2, 0.25) is 0 Å². The zero-order chi connectivity index (χ0) is 21.8. The van der Waals surface area contributed by atoms with Crippen LogP contribution in [0.25, 0.3) is 10.9 Å². The Bertz CT molecular complexity index is 1050. The number of benzene rings is 2. The maximum atomic E-state index is 13.2. The van der Waals surface area contributed by atoms with Gasteiger partial charge in [-0.25, -0.2) is 0 Å². The molecule has 0 saturated carbocycles. The number of nitrogens with zero attached hydrogens (tertiary/aromatic N) is 1. The number of carbonyl (C=O) groups excluding carboxylic acids is 2. The van der Waals surface area contributed by atoms with Crippen LogP contribution in [-0.2, 0) is 16.6 Å². The Hall–Kier alpha value is -3.00. The Kier molecular flexibility index (Phi) is 6.66. The number of aromatic nitrogens is 1. The number of para-hydroxylation sites is 1. The molecular weight excluding hydrogens is 452 g/mol. The summed E-state index contributed by atoms with van der Waals surface area (Å²) >= 11 is 3.55. The number of amides is 1. The Morgan fingerprint density at radius 3 is 2.40 bits per heavy atom. The van der Waals surface area contributed by atoms with Gasteiger partial charge in [-0.05, 0) is 39.7 Å². The van der Waals surface area contributed by atoms with Crippen LogP contribution in [-0.4, -0.2) is 37.8 Å². The van der Waals surface area contributed by atoms with Gasteiger partial charge in [-0.1, -0.05) is 24.3 Å². The molecule has 3 aromatic rings. The van der Waals surface area contributed by atoms with E-state index in [9.17, 15) is 9.59 Å². The van der Waals surface area contributed by atoms with E-state index in [1.807, 2.05) is 35.9 Å². The van der Waals surface area contributed by atoms with E-state index in [1.165, 1.54) is 14.2 Å². The Morgan fingerprint density at radius 1 is 1.07 bits per heavy atom. The average Bonchev–Trinajstić information content (AvgIpc) is 3.02. The van der Waals surface area contributed by atoms with E-state index in [0.717, 1.165) is 10.9 Å². The van der Waals surface area contributed by atoms with Crippen LogP contribution in [0.15, 0.2) is 46.9 Å². The first-order valence-corrected chi connectivity index (χ1v) is 10.0. The van der Waals surface area contributed by atoms with Crippen molar-refractivity contribution in [2.75, 3.05) is 21.3 Å². The normalized spacial score (nSPS) is 11.8. The highest BCUT2D eigenvalue weighted by Gasteiger charge is 2.25. The lowest BCUT2D eigenvalue weighted by Crippen LogP contribution is -2.32. The molecule has 8 heteroatoms. The van der Waals surface area contributed by atoms with E-state index in [0.29, 0.717) is 27.2 Å². The Balaban J connectivity index is 1.98. The average molecular weight is 475 g/mol. The minimum absolute atomic E-state index is 0.0285. The highest BCUT2D eigenvalue weighted by atomic mass is 79.9. The van der Waals surface area contributed by atoms with E-state index < -0.39 is 12.0 Å². The summed E-state index contributed by atoms with van der Waals surface area (Å²) < 4.78 is 18.0. The first-order chi connectivity index (χ1) is 14.4. The molecule has 3 rings (SSSR count). The van der Waals surface area contributed by atoms with Crippen LogP contribution in [0.2, 0.25) is 0 Å². The molecule has 1 unspecified atom stereocenters. The first-order valence-electron chi connectivity index (χ1n) is 9.23. The number of hydrogen-bond donors (Lipinski definition) is 1. The van der Waals surface area contributed by atoms with E-state index in [4.69, 9.17) is 14.2 Å². The van der Waals surface area contributed by atoms with Crippen molar-refractivity contribution in [2.45, 2.75) is 12.5 Å². The van der Waals surface area contributed by atoms with E-state index >= 15 is 0 Å². The second kappa shape index (κ2) is 9.21. The van der Waals surface area contributed by atoms with Crippen LogP contribution in [0.1, 0.15) is 28.5 Å². The van der Waals surface area contributed by atoms with Crippen molar-refractivity contribution in [3.8, 4) is 11.5 Å². The molecule has 0 spiro atoms. The van der Waals surface area contributed by atoms with Crippen LogP contribution >= 0.6 is 15.9 Å². The van der Waals surface area contributed by atoms with Crippen molar-refractivity contribution in [1.82, 2.24) is 9.88 Å². The predicted octanol–water partition coefficient (Wildman–Crippen LogP) is 3.99. The molecular formula is C22H23BrN2O5. The van der Waals surface area contributed by atoms with Crippen LogP contribution in [0.4, 0.5) is 0 Å². The smallest absolute Gasteiger partial charge is 0.307 e. The highest BCUT2D eigenvalue weighted by molar-refractivity contribution is 9.10. The number of rotatable bonds is 7. The SMILES string of the molecule is COC(=O)CC(NC(=O)c1c(Br)c2ccccc2n1C)c1ccc(OC)c(OC)c1. The molecule has 1 aromatic heterocycles. The van der Waals surface area contributed by atoms with Gasteiger partial charge in [0.1, 0.15) is 5.69 Å². The summed E-state index contributed by atoms with van der Waals surface area (Å²) in [5.74, 6) is 0.307. The van der Waals surface area contributed by atoms with E-state index in [1.54, 1.807) is 25.3 Å². The number of esters is 1. The predicted molar refractivity (Wildman–Crippen MR) is 117 cm³/mol. The zero-order valence-corrected chi connectivity index (χ0v) is 18.8. The largest absolute Gasteiger partial charge is 0.493 e. The first kappa shape index (κ1) is 21.7. The second-order valence-corrected chi connectivity index (χ2v) is 7.45. The summed E-state index contributed by atoms with van der Waals surface area (Å²) in [4.78, 5) is 25.2. The topological polar surface area (TPSA) is 78.8 Å². The number of fused-ring (bicyclic) bond motifs is 1. The fraction of sp³-hybridized carbons (Fsp3) is 0.273. The number of carbonyl (C=O) groups is 2. The minimum Gasteiger partial charge on any atom is -0.493 e. The van der Waals surface area contributed by atoms with Gasteiger partial charge < -0.3 is 24.1 Å². The van der Waals surface area contributed by atoms with Crippen molar-refractivity contribution in [3.05, 3.63) is 58.2 Å². The van der Waals surface area contributed by atoms with Gasteiger partial charge in [0.05, 0.1) is 38.3 Å². The number of hydrogen-bond acceptors (Lipinski definition) is 5. The van der Waals surface area contributed by atoms with E-state index in [-0.39, 0.29) is 12.3 Å². The number of aryl methyl sites for hydroxylation is 1. The van der Waals surface area contributed by atoms with Crippen molar-refractivity contribution in [1.29, 1.82) is 0 Å². The number of methoxy groups -OCH3 is 3.